The van der Waals surface area contributed by atoms with E-state index in [1.54, 1.807) is 0 Å². The van der Waals surface area contributed by atoms with Crippen molar-refractivity contribution < 1.29 is 4.79 Å². The molecule has 2 rings (SSSR count). The number of rotatable bonds is 4. The standard InChI is InChI=1S/C14H26N2O/c1-10-3-4-12(5-10)8-16-13(17)14(9-15)6-11(2)7-14/h10-12H,3-9,15H2,1-2H3,(H,16,17). The third kappa shape index (κ3) is 2.65. The van der Waals surface area contributed by atoms with Gasteiger partial charge >= 0.3 is 0 Å². The van der Waals surface area contributed by atoms with E-state index in [0.717, 1.165) is 25.3 Å². The highest BCUT2D eigenvalue weighted by Gasteiger charge is 2.47. The Morgan fingerprint density at radius 2 is 2.00 bits per heavy atom. The van der Waals surface area contributed by atoms with Crippen molar-refractivity contribution in [3.63, 3.8) is 0 Å². The fraction of sp³-hybridized carbons (Fsp3) is 0.929. The van der Waals surface area contributed by atoms with Crippen LogP contribution in [0.1, 0.15) is 46.0 Å². The summed E-state index contributed by atoms with van der Waals surface area (Å²) in [5.41, 5.74) is 5.54. The van der Waals surface area contributed by atoms with Crippen LogP contribution in [0, 0.1) is 23.2 Å². The fourth-order valence-electron chi connectivity index (χ4n) is 3.65. The average Bonchev–Trinajstić information content (AvgIpc) is 2.67. The molecule has 2 unspecified atom stereocenters. The average molecular weight is 238 g/mol. The molecule has 0 saturated heterocycles. The maximum atomic E-state index is 12.2. The molecule has 0 radical (unpaired) electrons. The highest BCUT2D eigenvalue weighted by atomic mass is 16.2. The van der Waals surface area contributed by atoms with Crippen LogP contribution >= 0.6 is 0 Å². The van der Waals surface area contributed by atoms with Gasteiger partial charge in [-0.15, -0.1) is 0 Å². The molecule has 0 aromatic carbocycles. The highest BCUT2D eigenvalue weighted by molar-refractivity contribution is 5.83. The van der Waals surface area contributed by atoms with E-state index in [0.29, 0.717) is 18.4 Å². The summed E-state index contributed by atoms with van der Waals surface area (Å²) in [6.07, 6.45) is 5.80. The molecule has 0 aromatic rings. The predicted molar refractivity (Wildman–Crippen MR) is 69.4 cm³/mol. The maximum absolute atomic E-state index is 12.2. The molecule has 0 aromatic heterocycles. The molecule has 3 nitrogen and oxygen atoms in total. The van der Waals surface area contributed by atoms with Gasteiger partial charge in [-0.3, -0.25) is 4.79 Å². The van der Waals surface area contributed by atoms with E-state index >= 15 is 0 Å². The Balaban J connectivity index is 1.77. The van der Waals surface area contributed by atoms with E-state index in [1.807, 2.05) is 0 Å². The predicted octanol–water partition coefficient (Wildman–Crippen LogP) is 1.91. The van der Waals surface area contributed by atoms with Crippen LogP contribution < -0.4 is 11.1 Å². The second-order valence-electron chi connectivity index (χ2n) is 6.49. The van der Waals surface area contributed by atoms with Gasteiger partial charge in [-0.25, -0.2) is 0 Å². The summed E-state index contributed by atoms with van der Waals surface area (Å²) in [6, 6.07) is 0. The number of hydrogen-bond donors (Lipinski definition) is 2. The second-order valence-corrected chi connectivity index (χ2v) is 6.49. The van der Waals surface area contributed by atoms with Gasteiger partial charge in [0, 0.05) is 13.1 Å². The Bertz CT molecular complexity index is 284. The molecular formula is C14H26N2O. The summed E-state index contributed by atoms with van der Waals surface area (Å²) < 4.78 is 0. The summed E-state index contributed by atoms with van der Waals surface area (Å²) >= 11 is 0. The van der Waals surface area contributed by atoms with E-state index in [1.165, 1.54) is 19.3 Å². The summed E-state index contributed by atoms with van der Waals surface area (Å²) in [5, 5.41) is 3.14. The summed E-state index contributed by atoms with van der Waals surface area (Å²) in [7, 11) is 0. The van der Waals surface area contributed by atoms with Crippen molar-refractivity contribution in [2.24, 2.45) is 28.9 Å². The first-order valence-electron chi connectivity index (χ1n) is 7.04. The lowest BCUT2D eigenvalue weighted by Crippen LogP contribution is -2.53. The van der Waals surface area contributed by atoms with Crippen LogP contribution in [0.5, 0.6) is 0 Å². The van der Waals surface area contributed by atoms with Crippen LogP contribution in [0.4, 0.5) is 0 Å². The number of amides is 1. The number of nitrogens with one attached hydrogen (secondary N) is 1. The van der Waals surface area contributed by atoms with Crippen molar-refractivity contribution in [3.8, 4) is 0 Å². The first-order valence-corrected chi connectivity index (χ1v) is 7.04. The Labute approximate surface area is 105 Å². The summed E-state index contributed by atoms with van der Waals surface area (Å²) in [4.78, 5) is 12.2. The lowest BCUT2D eigenvalue weighted by Gasteiger charge is -2.44. The number of hydrogen-bond acceptors (Lipinski definition) is 2. The van der Waals surface area contributed by atoms with E-state index in [2.05, 4.69) is 19.2 Å². The molecule has 1 amide bonds. The van der Waals surface area contributed by atoms with Crippen molar-refractivity contribution in [2.45, 2.75) is 46.0 Å². The lowest BCUT2D eigenvalue weighted by atomic mass is 9.62. The van der Waals surface area contributed by atoms with Crippen LogP contribution in [0.15, 0.2) is 0 Å². The van der Waals surface area contributed by atoms with Crippen LogP contribution in [0.3, 0.4) is 0 Å². The molecular weight excluding hydrogens is 212 g/mol. The van der Waals surface area contributed by atoms with Crippen molar-refractivity contribution in [1.29, 1.82) is 0 Å². The molecule has 2 aliphatic carbocycles. The van der Waals surface area contributed by atoms with Gasteiger partial charge in [-0.2, -0.15) is 0 Å². The minimum atomic E-state index is -0.233. The Kier molecular flexibility index (Phi) is 3.76. The van der Waals surface area contributed by atoms with Crippen LogP contribution in [-0.4, -0.2) is 19.0 Å². The molecule has 2 saturated carbocycles. The summed E-state index contributed by atoms with van der Waals surface area (Å²) in [5.74, 6) is 2.40. The quantitative estimate of drug-likeness (QED) is 0.786. The third-order valence-corrected chi connectivity index (χ3v) is 4.71. The molecule has 2 aliphatic rings. The van der Waals surface area contributed by atoms with Gasteiger partial charge in [-0.05, 0) is 43.4 Å². The van der Waals surface area contributed by atoms with Crippen LogP contribution in [0.25, 0.3) is 0 Å². The van der Waals surface area contributed by atoms with Crippen molar-refractivity contribution >= 4 is 5.91 Å². The molecule has 3 heteroatoms. The van der Waals surface area contributed by atoms with Crippen molar-refractivity contribution in [3.05, 3.63) is 0 Å². The Hall–Kier alpha value is -0.570. The fourth-order valence-corrected chi connectivity index (χ4v) is 3.65. The lowest BCUT2D eigenvalue weighted by molar-refractivity contribution is -0.138. The SMILES string of the molecule is CC1CCC(CNC(=O)C2(CN)CC(C)C2)C1. The molecule has 2 atom stereocenters. The van der Waals surface area contributed by atoms with E-state index < -0.39 is 0 Å². The monoisotopic (exact) mass is 238 g/mol. The number of carbonyl (C=O) groups excluding carboxylic acids is 1. The van der Waals surface area contributed by atoms with Crippen LogP contribution in [0.2, 0.25) is 0 Å². The molecule has 3 N–H and O–H groups in total. The second kappa shape index (κ2) is 4.97. The van der Waals surface area contributed by atoms with Gasteiger partial charge < -0.3 is 11.1 Å². The molecule has 2 fully saturated rings. The first kappa shape index (κ1) is 12.9. The summed E-state index contributed by atoms with van der Waals surface area (Å²) in [6.45, 7) is 5.86. The zero-order valence-electron chi connectivity index (χ0n) is 11.2. The molecule has 98 valence electrons. The smallest absolute Gasteiger partial charge is 0.227 e. The Morgan fingerprint density at radius 1 is 1.29 bits per heavy atom. The zero-order chi connectivity index (χ0) is 12.5. The van der Waals surface area contributed by atoms with Crippen LogP contribution in [-0.2, 0) is 4.79 Å². The first-order chi connectivity index (χ1) is 8.05. The van der Waals surface area contributed by atoms with Crippen molar-refractivity contribution in [1.82, 2.24) is 5.32 Å². The number of nitrogens with two attached hydrogens (primary N) is 1. The molecule has 17 heavy (non-hydrogen) atoms. The van der Waals surface area contributed by atoms with Gasteiger partial charge in [0.1, 0.15) is 0 Å². The van der Waals surface area contributed by atoms with E-state index in [9.17, 15) is 4.79 Å². The molecule has 0 bridgehead atoms. The zero-order valence-corrected chi connectivity index (χ0v) is 11.2. The Morgan fingerprint density at radius 3 is 2.47 bits per heavy atom. The highest BCUT2D eigenvalue weighted by Crippen LogP contribution is 2.44. The van der Waals surface area contributed by atoms with Gasteiger partial charge in [-0.1, -0.05) is 20.3 Å². The third-order valence-electron chi connectivity index (χ3n) is 4.71. The maximum Gasteiger partial charge on any atom is 0.227 e. The largest absolute Gasteiger partial charge is 0.355 e. The minimum absolute atomic E-state index is 0.206. The van der Waals surface area contributed by atoms with Gasteiger partial charge in [0.2, 0.25) is 5.91 Å². The van der Waals surface area contributed by atoms with Gasteiger partial charge in [0.25, 0.3) is 0 Å². The molecule has 0 heterocycles. The van der Waals surface area contributed by atoms with E-state index in [-0.39, 0.29) is 11.3 Å². The molecule has 0 aliphatic heterocycles. The number of carbonyl (C=O) groups is 1. The molecule has 0 spiro atoms. The topological polar surface area (TPSA) is 55.1 Å². The van der Waals surface area contributed by atoms with E-state index in [4.69, 9.17) is 5.73 Å². The normalized spacial score (nSPS) is 41.0. The van der Waals surface area contributed by atoms with Gasteiger partial charge in [0.05, 0.1) is 5.41 Å². The minimum Gasteiger partial charge on any atom is -0.355 e. The van der Waals surface area contributed by atoms with Gasteiger partial charge in [0.15, 0.2) is 0 Å². The van der Waals surface area contributed by atoms with Crippen molar-refractivity contribution in [2.75, 3.05) is 13.1 Å².